The molecular weight excluding hydrogens is 520 g/mol. The molecule has 5 aliphatic rings. The number of aryl methyl sites for hydroxylation is 1. The Kier molecular flexibility index (Phi) is 7.95. The Morgan fingerprint density at radius 3 is 2.05 bits per heavy atom. The molecule has 0 heterocycles. The van der Waals surface area contributed by atoms with Crippen LogP contribution in [0.3, 0.4) is 0 Å². The van der Waals surface area contributed by atoms with Gasteiger partial charge in [0.05, 0.1) is 5.41 Å². The Morgan fingerprint density at radius 2 is 1.45 bits per heavy atom. The van der Waals surface area contributed by atoms with Gasteiger partial charge >= 0.3 is 12.1 Å². The largest absolute Gasteiger partial charge is 0.481 e. The molecule has 42 heavy (non-hydrogen) atoms. The number of hydrogen-bond acceptors (Lipinski definition) is 3. The van der Waals surface area contributed by atoms with Gasteiger partial charge in [0.2, 0.25) is 0 Å². The highest BCUT2D eigenvalue weighted by molar-refractivity contribution is 5.76. The number of benzene rings is 1. The third kappa shape index (κ3) is 4.24. The molecule has 4 heteroatoms. The molecular formula is C38H56O4. The van der Waals surface area contributed by atoms with Gasteiger partial charge in [0.1, 0.15) is 0 Å². The van der Waals surface area contributed by atoms with Gasteiger partial charge < -0.3 is 5.11 Å². The van der Waals surface area contributed by atoms with Crippen molar-refractivity contribution in [2.24, 2.45) is 62.6 Å². The average molecular weight is 577 g/mol. The van der Waals surface area contributed by atoms with Crippen molar-refractivity contribution in [1.29, 1.82) is 0 Å². The molecule has 5 fully saturated rings. The van der Waals surface area contributed by atoms with Gasteiger partial charge in [-0.05, 0) is 140 Å². The van der Waals surface area contributed by atoms with Gasteiger partial charge in [-0.15, -0.1) is 0 Å². The maximum atomic E-state index is 12.9. The summed E-state index contributed by atoms with van der Waals surface area (Å²) in [6, 6.07) is 9.44. The minimum Gasteiger partial charge on any atom is -0.481 e. The van der Waals surface area contributed by atoms with E-state index in [1.165, 1.54) is 44.1 Å². The highest BCUT2D eigenvalue weighted by Gasteiger charge is 2.72. The van der Waals surface area contributed by atoms with E-state index in [9.17, 15) is 9.90 Å². The smallest absolute Gasteiger partial charge is 0.373 e. The van der Waals surface area contributed by atoms with Gasteiger partial charge in [-0.2, -0.15) is 9.59 Å². The molecule has 5 saturated carbocycles. The predicted octanol–water partition coefficient (Wildman–Crippen LogP) is 9.32. The van der Waals surface area contributed by atoms with Gasteiger partial charge in [-0.3, -0.25) is 4.79 Å². The zero-order valence-corrected chi connectivity index (χ0v) is 27.6. The first-order valence-electron chi connectivity index (χ1n) is 16.9. The number of carbonyl (C=O) groups excluding carboxylic acids is 2. The fraction of sp³-hybridized carbons (Fsp3) is 0.789. The topological polar surface area (TPSA) is 71.4 Å². The second kappa shape index (κ2) is 10.6. The molecule has 0 aliphatic heterocycles. The Labute approximate surface area is 254 Å². The number of carbonyl (C=O) groups is 1. The molecule has 1 aromatic carbocycles. The van der Waals surface area contributed by atoms with Crippen LogP contribution in [0, 0.1) is 69.5 Å². The molecule has 0 radical (unpaired) electrons. The number of aliphatic carboxylic acids is 1. The number of fused-ring (bicyclic) bond motifs is 7. The summed E-state index contributed by atoms with van der Waals surface area (Å²) >= 11 is 0. The lowest BCUT2D eigenvalue weighted by atomic mass is 9.31. The van der Waals surface area contributed by atoms with Crippen molar-refractivity contribution in [3.8, 4) is 0 Å². The summed E-state index contributed by atoms with van der Waals surface area (Å²) in [5.41, 5.74) is 3.68. The Morgan fingerprint density at radius 1 is 0.810 bits per heavy atom. The molecule has 0 spiro atoms. The SMILES string of the molecule is Cc1ccc([C@H]2CC[C@]3(C)[C@H]4CC[C@@H]5[C@H]6[C@H](C(C)C)CC[C@]6(C(=O)O)CC[C@@]5(C)[C@]4(C)CC[C@H]3C2(C)C)cc1.O=C=O. The van der Waals surface area contributed by atoms with Crippen LogP contribution in [0.25, 0.3) is 0 Å². The molecule has 1 aromatic rings. The van der Waals surface area contributed by atoms with Crippen LogP contribution in [0.4, 0.5) is 0 Å². The molecule has 1 N–H and O–H groups in total. The van der Waals surface area contributed by atoms with Crippen LogP contribution in [0.15, 0.2) is 24.3 Å². The van der Waals surface area contributed by atoms with Crippen molar-refractivity contribution in [2.45, 2.75) is 126 Å². The van der Waals surface area contributed by atoms with Gasteiger partial charge in [0, 0.05) is 0 Å². The minimum absolute atomic E-state index is 0.250. The van der Waals surface area contributed by atoms with E-state index >= 15 is 0 Å². The van der Waals surface area contributed by atoms with Gasteiger partial charge in [-0.1, -0.05) is 78.3 Å². The molecule has 5 aliphatic carbocycles. The molecule has 6 rings (SSSR count). The molecule has 232 valence electrons. The quantitative estimate of drug-likeness (QED) is 0.389. The van der Waals surface area contributed by atoms with Crippen LogP contribution >= 0.6 is 0 Å². The summed E-state index contributed by atoms with van der Waals surface area (Å²) in [6.45, 7) is 20.2. The van der Waals surface area contributed by atoms with E-state index in [4.69, 9.17) is 9.59 Å². The highest BCUT2D eigenvalue weighted by atomic mass is 16.4. The molecule has 10 atom stereocenters. The fourth-order valence-corrected chi connectivity index (χ4v) is 13.2. The maximum absolute atomic E-state index is 12.9. The molecule has 0 aromatic heterocycles. The van der Waals surface area contributed by atoms with Gasteiger partial charge in [0.25, 0.3) is 0 Å². The number of hydrogen-bond donors (Lipinski definition) is 1. The lowest BCUT2D eigenvalue weighted by molar-refractivity contribution is -0.241. The maximum Gasteiger partial charge on any atom is 0.373 e. The fourth-order valence-electron chi connectivity index (χ4n) is 13.2. The molecule has 4 nitrogen and oxygen atoms in total. The number of carboxylic acids is 1. The summed E-state index contributed by atoms with van der Waals surface area (Å²) in [5.74, 6) is 3.75. The summed E-state index contributed by atoms with van der Waals surface area (Å²) in [6.07, 6.45) is 12.2. The van der Waals surface area contributed by atoms with Crippen molar-refractivity contribution in [1.82, 2.24) is 0 Å². The van der Waals surface area contributed by atoms with Crippen LogP contribution < -0.4 is 0 Å². The predicted molar refractivity (Wildman–Crippen MR) is 166 cm³/mol. The molecule has 0 bridgehead atoms. The minimum atomic E-state index is -0.475. The Bertz CT molecular complexity index is 1210. The van der Waals surface area contributed by atoms with E-state index < -0.39 is 11.4 Å². The van der Waals surface area contributed by atoms with E-state index in [1.54, 1.807) is 5.56 Å². The van der Waals surface area contributed by atoms with Crippen molar-refractivity contribution < 1.29 is 19.5 Å². The lowest BCUT2D eigenvalue weighted by Gasteiger charge is -2.73. The van der Waals surface area contributed by atoms with Crippen molar-refractivity contribution >= 4 is 12.1 Å². The number of carboxylic acid groups (broad SMARTS) is 1. The van der Waals surface area contributed by atoms with Gasteiger partial charge in [0.15, 0.2) is 0 Å². The van der Waals surface area contributed by atoms with E-state index in [0.717, 1.165) is 37.5 Å². The van der Waals surface area contributed by atoms with Crippen LogP contribution in [0.2, 0.25) is 0 Å². The first-order chi connectivity index (χ1) is 19.6. The third-order valence-electron chi connectivity index (χ3n) is 15.3. The van der Waals surface area contributed by atoms with E-state index in [1.807, 2.05) is 0 Å². The van der Waals surface area contributed by atoms with Crippen molar-refractivity contribution in [3.05, 3.63) is 35.4 Å². The average Bonchev–Trinajstić information content (AvgIpc) is 3.32. The first-order valence-corrected chi connectivity index (χ1v) is 16.9. The van der Waals surface area contributed by atoms with Crippen LogP contribution in [-0.4, -0.2) is 17.2 Å². The summed E-state index contributed by atoms with van der Waals surface area (Å²) in [5, 5.41) is 10.7. The van der Waals surface area contributed by atoms with Crippen molar-refractivity contribution in [3.63, 3.8) is 0 Å². The summed E-state index contributed by atoms with van der Waals surface area (Å²) < 4.78 is 0. The number of rotatable bonds is 3. The Balaban J connectivity index is 0.00000113. The zero-order valence-electron chi connectivity index (χ0n) is 27.6. The molecule has 0 amide bonds. The van der Waals surface area contributed by atoms with Gasteiger partial charge in [-0.25, -0.2) is 0 Å². The van der Waals surface area contributed by atoms with E-state index in [-0.39, 0.29) is 11.6 Å². The standard InChI is InChI=1S/C37H56O2.CO2/c1-23(2)26-15-20-37(32(38)39)22-21-35(7)28(31(26)37)13-14-30-34(6)18-16-27(25-11-9-24(3)10-12-25)33(4,5)29(34)17-19-36(30,35)8;2-1-3/h9-12,23,26-31H,13-22H2,1-8H3,(H,38,39);/t26-,27+,28+,29-,30+,31+,34-,35+,36+,37-;/m0./s1. The monoisotopic (exact) mass is 576 g/mol. The van der Waals surface area contributed by atoms with E-state index in [2.05, 4.69) is 79.7 Å². The second-order valence-corrected chi connectivity index (χ2v) is 17.0. The first kappa shape index (κ1) is 31.5. The zero-order chi connectivity index (χ0) is 30.9. The highest BCUT2D eigenvalue weighted by Crippen LogP contribution is 2.78. The van der Waals surface area contributed by atoms with Crippen LogP contribution in [-0.2, 0) is 14.4 Å². The van der Waals surface area contributed by atoms with E-state index in [0.29, 0.717) is 45.8 Å². The van der Waals surface area contributed by atoms with Crippen LogP contribution in [0.5, 0.6) is 0 Å². The lowest BCUT2D eigenvalue weighted by Crippen LogP contribution is -2.66. The molecule has 0 unspecified atom stereocenters. The normalized spacial score (nSPS) is 45.3. The summed E-state index contributed by atoms with van der Waals surface area (Å²) in [7, 11) is 0. The summed E-state index contributed by atoms with van der Waals surface area (Å²) in [4.78, 5) is 29.2. The Hall–Kier alpha value is -1.93. The van der Waals surface area contributed by atoms with Crippen LogP contribution in [0.1, 0.15) is 130 Å². The third-order valence-corrected chi connectivity index (χ3v) is 15.3. The van der Waals surface area contributed by atoms with Crippen molar-refractivity contribution in [2.75, 3.05) is 0 Å². The molecule has 0 saturated heterocycles. The second-order valence-electron chi connectivity index (χ2n) is 17.0.